The third-order valence-electron chi connectivity index (χ3n) is 5.22. The molecule has 4 aromatic rings. The van der Waals surface area contributed by atoms with E-state index in [2.05, 4.69) is 49.3 Å². The Kier molecular flexibility index (Phi) is 5.33. The first-order valence-corrected chi connectivity index (χ1v) is 10.1. The molecular weight excluding hydrogens is 390 g/mol. The van der Waals surface area contributed by atoms with Crippen molar-refractivity contribution in [3.8, 4) is 11.5 Å². The zero-order valence-electron chi connectivity index (χ0n) is 18.0. The van der Waals surface area contributed by atoms with E-state index in [1.165, 1.54) is 23.4 Å². The number of aryl methyl sites for hydroxylation is 2. The summed E-state index contributed by atoms with van der Waals surface area (Å²) in [7, 11) is 1.97. The summed E-state index contributed by atoms with van der Waals surface area (Å²) in [5.74, 6) is 1.72. The molecule has 0 spiro atoms. The van der Waals surface area contributed by atoms with Gasteiger partial charge in [-0.1, -0.05) is 19.9 Å². The third kappa shape index (κ3) is 4.21. The molecular formula is C24H27N5O2. The van der Waals surface area contributed by atoms with E-state index in [1.807, 2.05) is 29.8 Å². The first-order valence-electron chi connectivity index (χ1n) is 10.1. The molecule has 7 heteroatoms. The van der Waals surface area contributed by atoms with Crippen LogP contribution in [0.25, 0.3) is 11.0 Å². The molecule has 0 aliphatic heterocycles. The average Bonchev–Trinajstić information content (AvgIpc) is 3.02. The van der Waals surface area contributed by atoms with E-state index in [9.17, 15) is 4.79 Å². The number of ether oxygens (including phenoxy) is 1. The summed E-state index contributed by atoms with van der Waals surface area (Å²) < 4.78 is 7.88. The van der Waals surface area contributed by atoms with Gasteiger partial charge in [-0.2, -0.15) is 0 Å². The molecule has 3 N–H and O–H groups in total. The maximum atomic E-state index is 11.3. The van der Waals surface area contributed by atoms with Crippen LogP contribution in [-0.2, 0) is 7.05 Å². The second-order valence-electron chi connectivity index (χ2n) is 7.84. The fourth-order valence-electron chi connectivity index (χ4n) is 3.63. The van der Waals surface area contributed by atoms with Crippen molar-refractivity contribution in [3.05, 3.63) is 71.5 Å². The van der Waals surface area contributed by atoms with Gasteiger partial charge in [-0.05, 0) is 54.3 Å². The molecule has 0 unspecified atom stereocenters. The van der Waals surface area contributed by atoms with Crippen LogP contribution in [0, 0.1) is 6.92 Å². The number of aromatic nitrogens is 3. The zero-order chi connectivity index (χ0) is 22.1. The minimum absolute atomic E-state index is 0. The largest absolute Gasteiger partial charge is 0.457 e. The number of primary amides is 1. The van der Waals surface area contributed by atoms with Crippen LogP contribution in [0.5, 0.6) is 11.5 Å². The van der Waals surface area contributed by atoms with Gasteiger partial charge in [0.05, 0.1) is 11.0 Å². The number of nitrogens with zero attached hydrogens (tertiary/aromatic N) is 3. The molecule has 0 atom stereocenters. The highest BCUT2D eigenvalue weighted by Crippen LogP contribution is 2.29. The van der Waals surface area contributed by atoms with Crippen molar-refractivity contribution in [1.82, 2.24) is 14.5 Å². The monoisotopic (exact) mass is 417 g/mol. The number of pyridine rings is 1. The van der Waals surface area contributed by atoms with Crippen LogP contribution in [0.4, 0.5) is 11.6 Å². The number of fused-ring (bicyclic) bond motifs is 1. The van der Waals surface area contributed by atoms with Gasteiger partial charge in [-0.15, -0.1) is 0 Å². The van der Waals surface area contributed by atoms with Gasteiger partial charge < -0.3 is 20.4 Å². The number of nitrogens with two attached hydrogens (primary N) is 1. The van der Waals surface area contributed by atoms with Crippen molar-refractivity contribution in [3.63, 3.8) is 0 Å². The van der Waals surface area contributed by atoms with Crippen LogP contribution < -0.4 is 15.8 Å². The standard InChI is InChI=1S/C24H25N5O2.H2/c1-14(2)19-7-5-16(11-15(19)3)27-24-28-20-12-17(6-8-22(20)29(24)4)31-18-9-10-26-21(13-18)23(25)30;/h5-14H,1-4H3,(H2,25,30)(H,27,28);1H. The van der Waals surface area contributed by atoms with Crippen LogP contribution in [0.3, 0.4) is 0 Å². The smallest absolute Gasteiger partial charge is 0.267 e. The second-order valence-corrected chi connectivity index (χ2v) is 7.84. The highest BCUT2D eigenvalue weighted by Gasteiger charge is 2.11. The lowest BCUT2D eigenvalue weighted by Crippen LogP contribution is -2.12. The zero-order valence-corrected chi connectivity index (χ0v) is 18.0. The molecule has 0 saturated carbocycles. The Morgan fingerprint density at radius 3 is 2.61 bits per heavy atom. The van der Waals surface area contributed by atoms with E-state index >= 15 is 0 Å². The fraction of sp³-hybridized carbons (Fsp3) is 0.208. The second kappa shape index (κ2) is 8.10. The number of carbonyl (C=O) groups is 1. The van der Waals surface area contributed by atoms with E-state index in [0.717, 1.165) is 22.7 Å². The van der Waals surface area contributed by atoms with E-state index in [1.54, 1.807) is 6.07 Å². The van der Waals surface area contributed by atoms with Gasteiger partial charge in [-0.25, -0.2) is 4.98 Å². The van der Waals surface area contributed by atoms with Gasteiger partial charge in [0.1, 0.15) is 17.2 Å². The summed E-state index contributed by atoms with van der Waals surface area (Å²) in [6.07, 6.45) is 1.49. The number of benzene rings is 2. The van der Waals surface area contributed by atoms with E-state index in [0.29, 0.717) is 17.4 Å². The summed E-state index contributed by atoms with van der Waals surface area (Å²) in [6, 6.07) is 15.2. The summed E-state index contributed by atoms with van der Waals surface area (Å²) >= 11 is 0. The maximum Gasteiger partial charge on any atom is 0.267 e. The molecule has 0 aliphatic carbocycles. The van der Waals surface area contributed by atoms with Crippen molar-refractivity contribution in [2.24, 2.45) is 12.8 Å². The maximum absolute atomic E-state index is 11.3. The molecule has 0 bridgehead atoms. The molecule has 4 rings (SSSR count). The minimum Gasteiger partial charge on any atom is -0.457 e. The summed E-state index contributed by atoms with van der Waals surface area (Å²) in [4.78, 5) is 20.0. The Balaban J connectivity index is 0.00000289. The van der Waals surface area contributed by atoms with Crippen LogP contribution in [0.2, 0.25) is 0 Å². The third-order valence-corrected chi connectivity index (χ3v) is 5.22. The minimum atomic E-state index is -0.599. The quantitative estimate of drug-likeness (QED) is 0.445. The average molecular weight is 418 g/mol. The molecule has 0 aliphatic rings. The number of rotatable bonds is 6. The molecule has 1 amide bonds. The Hall–Kier alpha value is -3.87. The van der Waals surface area contributed by atoms with Gasteiger partial charge in [0.2, 0.25) is 5.95 Å². The van der Waals surface area contributed by atoms with Gasteiger partial charge in [0, 0.05) is 32.5 Å². The Morgan fingerprint density at radius 2 is 1.90 bits per heavy atom. The number of anilines is 2. The van der Waals surface area contributed by atoms with E-state index in [-0.39, 0.29) is 7.12 Å². The molecule has 0 radical (unpaired) electrons. The van der Waals surface area contributed by atoms with Crippen molar-refractivity contribution in [1.29, 1.82) is 0 Å². The SMILES string of the molecule is Cc1cc(Nc2nc3cc(Oc4ccnc(C(N)=O)c4)ccc3n2C)ccc1C(C)C.[HH]. The van der Waals surface area contributed by atoms with Crippen LogP contribution in [-0.4, -0.2) is 20.4 Å². The first-order chi connectivity index (χ1) is 14.8. The van der Waals surface area contributed by atoms with Crippen molar-refractivity contribution in [2.45, 2.75) is 26.7 Å². The lowest BCUT2D eigenvalue weighted by atomic mass is 9.98. The van der Waals surface area contributed by atoms with Crippen molar-refractivity contribution >= 4 is 28.6 Å². The molecule has 2 aromatic heterocycles. The molecule has 160 valence electrons. The highest BCUT2D eigenvalue weighted by atomic mass is 16.5. The fourth-order valence-corrected chi connectivity index (χ4v) is 3.63. The first kappa shape index (κ1) is 20.4. The summed E-state index contributed by atoms with van der Waals surface area (Å²) in [6.45, 7) is 6.52. The normalized spacial score (nSPS) is 11.1. The number of amides is 1. The summed E-state index contributed by atoms with van der Waals surface area (Å²) in [5, 5.41) is 3.41. The molecule has 31 heavy (non-hydrogen) atoms. The van der Waals surface area contributed by atoms with Crippen molar-refractivity contribution < 1.29 is 11.0 Å². The van der Waals surface area contributed by atoms with Gasteiger partial charge >= 0.3 is 0 Å². The molecule has 0 saturated heterocycles. The van der Waals surface area contributed by atoms with Crippen LogP contribution in [0.1, 0.15) is 42.8 Å². The number of hydrogen-bond acceptors (Lipinski definition) is 5. The number of nitrogens with one attached hydrogen (secondary N) is 1. The Morgan fingerprint density at radius 1 is 1.13 bits per heavy atom. The van der Waals surface area contributed by atoms with Gasteiger partial charge in [-0.3, -0.25) is 9.78 Å². The van der Waals surface area contributed by atoms with E-state index in [4.69, 9.17) is 15.5 Å². The Bertz CT molecular complexity index is 1280. The van der Waals surface area contributed by atoms with E-state index < -0.39 is 5.91 Å². The topological polar surface area (TPSA) is 95.1 Å². The highest BCUT2D eigenvalue weighted by molar-refractivity contribution is 5.91. The lowest BCUT2D eigenvalue weighted by Gasteiger charge is -2.12. The number of carbonyl (C=O) groups excluding carboxylic acids is 1. The predicted octanol–water partition coefficient (Wildman–Crippen LogP) is 5.28. The number of hydrogen-bond donors (Lipinski definition) is 2. The molecule has 7 nitrogen and oxygen atoms in total. The van der Waals surface area contributed by atoms with Crippen LogP contribution >= 0.6 is 0 Å². The number of imidazole rings is 1. The van der Waals surface area contributed by atoms with Crippen LogP contribution in [0.15, 0.2) is 54.7 Å². The molecule has 2 heterocycles. The van der Waals surface area contributed by atoms with Gasteiger partial charge in [0.15, 0.2) is 0 Å². The molecule has 0 fully saturated rings. The lowest BCUT2D eigenvalue weighted by molar-refractivity contribution is 0.0995. The predicted molar refractivity (Wildman–Crippen MR) is 124 cm³/mol. The summed E-state index contributed by atoms with van der Waals surface area (Å²) in [5.41, 5.74) is 10.8. The molecule has 2 aromatic carbocycles. The van der Waals surface area contributed by atoms with Gasteiger partial charge in [0.25, 0.3) is 5.91 Å². The Labute approximate surface area is 182 Å². The van der Waals surface area contributed by atoms with Crippen molar-refractivity contribution in [2.75, 3.05) is 5.32 Å².